The van der Waals surface area contributed by atoms with Crippen LogP contribution < -0.4 is 5.73 Å². The van der Waals surface area contributed by atoms with Crippen LogP contribution in [0, 0.1) is 5.41 Å². The molecule has 1 fully saturated rings. The summed E-state index contributed by atoms with van der Waals surface area (Å²) in [5.74, 6) is 2.39. The van der Waals surface area contributed by atoms with Gasteiger partial charge in [0.2, 0.25) is 0 Å². The van der Waals surface area contributed by atoms with E-state index in [0.717, 1.165) is 18.8 Å². The average Bonchev–Trinajstić information content (AvgIpc) is 2.73. The van der Waals surface area contributed by atoms with Crippen molar-refractivity contribution in [2.45, 2.75) is 32.4 Å². The van der Waals surface area contributed by atoms with E-state index < -0.39 is 0 Å². The van der Waals surface area contributed by atoms with Crippen LogP contribution in [0.5, 0.6) is 0 Å². The van der Waals surface area contributed by atoms with Crippen molar-refractivity contribution in [3.05, 3.63) is 20.8 Å². The number of nitrogens with zero attached hydrogens (tertiary/aromatic N) is 1. The van der Waals surface area contributed by atoms with Gasteiger partial charge in [0, 0.05) is 39.1 Å². The topological polar surface area (TPSA) is 29.3 Å². The van der Waals surface area contributed by atoms with Crippen LogP contribution in [0.1, 0.15) is 25.1 Å². The first-order valence-electron chi connectivity index (χ1n) is 6.59. The van der Waals surface area contributed by atoms with Crippen LogP contribution in [0.25, 0.3) is 0 Å². The molecule has 0 radical (unpaired) electrons. The predicted molar refractivity (Wildman–Crippen MR) is 91.0 cm³/mol. The molecule has 108 valence electrons. The van der Waals surface area contributed by atoms with Crippen LogP contribution >= 0.6 is 39.0 Å². The summed E-state index contributed by atoms with van der Waals surface area (Å²) in [6.07, 6.45) is 1.19. The van der Waals surface area contributed by atoms with E-state index >= 15 is 0 Å². The SMILES string of the molecule is CN(Cc1cc(Br)cs1)C1(CN)CSCC(C)(C)C1. The second-order valence-electron chi connectivity index (χ2n) is 6.35. The third-order valence-corrected chi connectivity index (χ3v) is 7.29. The summed E-state index contributed by atoms with van der Waals surface area (Å²) in [4.78, 5) is 3.87. The number of rotatable bonds is 4. The lowest BCUT2D eigenvalue weighted by atomic mass is 9.79. The maximum atomic E-state index is 6.16. The van der Waals surface area contributed by atoms with Gasteiger partial charge >= 0.3 is 0 Å². The van der Waals surface area contributed by atoms with E-state index in [4.69, 9.17) is 5.73 Å². The van der Waals surface area contributed by atoms with Crippen molar-refractivity contribution in [3.8, 4) is 0 Å². The van der Waals surface area contributed by atoms with Gasteiger partial charge in [-0.3, -0.25) is 4.90 Å². The van der Waals surface area contributed by atoms with Gasteiger partial charge in [0.05, 0.1) is 0 Å². The fourth-order valence-corrected chi connectivity index (χ4v) is 5.96. The summed E-state index contributed by atoms with van der Waals surface area (Å²) in [5, 5.41) is 2.15. The Morgan fingerprint density at radius 1 is 1.42 bits per heavy atom. The van der Waals surface area contributed by atoms with Crippen LogP contribution in [0.3, 0.4) is 0 Å². The molecule has 0 aromatic carbocycles. The number of thiophene rings is 1. The van der Waals surface area contributed by atoms with Crippen molar-refractivity contribution in [2.75, 3.05) is 25.1 Å². The van der Waals surface area contributed by atoms with Gasteiger partial charge in [0.1, 0.15) is 0 Å². The number of likely N-dealkylation sites (N-methyl/N-ethyl adjacent to an activating group) is 1. The molecular weight excluding hydrogens is 340 g/mol. The zero-order chi connectivity index (χ0) is 14.1. The zero-order valence-electron chi connectivity index (χ0n) is 11.9. The number of halogens is 1. The van der Waals surface area contributed by atoms with Crippen molar-refractivity contribution < 1.29 is 0 Å². The second kappa shape index (κ2) is 6.06. The summed E-state index contributed by atoms with van der Waals surface area (Å²) < 4.78 is 1.18. The monoisotopic (exact) mass is 362 g/mol. The molecule has 0 spiro atoms. The first kappa shape index (κ1) is 15.8. The Morgan fingerprint density at radius 2 is 2.16 bits per heavy atom. The molecule has 2 N–H and O–H groups in total. The quantitative estimate of drug-likeness (QED) is 0.882. The molecule has 19 heavy (non-hydrogen) atoms. The Bertz CT molecular complexity index is 433. The fourth-order valence-electron chi connectivity index (χ4n) is 2.88. The van der Waals surface area contributed by atoms with Gasteiger partial charge in [-0.05, 0) is 46.6 Å². The summed E-state index contributed by atoms with van der Waals surface area (Å²) in [5.41, 5.74) is 6.68. The highest BCUT2D eigenvalue weighted by Crippen LogP contribution is 2.42. The highest BCUT2D eigenvalue weighted by molar-refractivity contribution is 9.10. The zero-order valence-corrected chi connectivity index (χ0v) is 15.1. The molecular formula is C14H23BrN2S2. The lowest BCUT2D eigenvalue weighted by Crippen LogP contribution is -2.58. The van der Waals surface area contributed by atoms with Gasteiger partial charge in [-0.1, -0.05) is 13.8 Å². The minimum absolute atomic E-state index is 0.142. The molecule has 2 nitrogen and oxygen atoms in total. The number of thioether (sulfide) groups is 1. The summed E-state index contributed by atoms with van der Waals surface area (Å²) >= 11 is 7.39. The molecule has 5 heteroatoms. The number of hydrogen-bond acceptors (Lipinski definition) is 4. The number of nitrogens with two attached hydrogens (primary N) is 1. The maximum Gasteiger partial charge on any atom is 0.0428 e. The van der Waals surface area contributed by atoms with Gasteiger partial charge in [-0.2, -0.15) is 11.8 Å². The molecule has 1 atom stereocenters. The van der Waals surface area contributed by atoms with Crippen molar-refractivity contribution in [3.63, 3.8) is 0 Å². The van der Waals surface area contributed by atoms with Crippen LogP contribution in [-0.4, -0.2) is 35.5 Å². The molecule has 2 rings (SSSR count). The summed E-state index contributed by atoms with van der Waals surface area (Å²) in [6.45, 7) is 6.45. The van der Waals surface area contributed by atoms with Crippen LogP contribution in [-0.2, 0) is 6.54 Å². The Hall–Kier alpha value is 0.450. The molecule has 0 saturated carbocycles. The third kappa shape index (κ3) is 3.76. The smallest absolute Gasteiger partial charge is 0.0428 e. The van der Waals surface area contributed by atoms with Gasteiger partial charge in [-0.15, -0.1) is 11.3 Å². The third-order valence-electron chi connectivity index (χ3n) is 3.88. The molecule has 0 aliphatic carbocycles. The Labute approximate surface area is 133 Å². The molecule has 1 aliphatic rings. The molecule has 1 aromatic heterocycles. The largest absolute Gasteiger partial charge is 0.329 e. The minimum atomic E-state index is 0.142. The van der Waals surface area contributed by atoms with Crippen molar-refractivity contribution in [1.29, 1.82) is 0 Å². The van der Waals surface area contributed by atoms with E-state index in [2.05, 4.69) is 53.2 Å². The molecule has 1 aromatic rings. The lowest BCUT2D eigenvalue weighted by Gasteiger charge is -2.49. The Morgan fingerprint density at radius 3 is 2.68 bits per heavy atom. The van der Waals surface area contributed by atoms with Gasteiger partial charge in [0.15, 0.2) is 0 Å². The van der Waals surface area contributed by atoms with Crippen molar-refractivity contribution >= 4 is 39.0 Å². The second-order valence-corrected chi connectivity index (χ2v) is 9.25. The highest BCUT2D eigenvalue weighted by atomic mass is 79.9. The van der Waals surface area contributed by atoms with E-state index in [1.165, 1.54) is 21.5 Å². The highest BCUT2D eigenvalue weighted by Gasteiger charge is 2.42. The standard InChI is InChI=1S/C14H23BrN2S2/c1-13(2)7-14(8-16,10-18-9-13)17(3)5-12-4-11(15)6-19-12/h4,6H,5,7-10,16H2,1-3H3. The average molecular weight is 363 g/mol. The molecule has 1 saturated heterocycles. The fraction of sp³-hybridized carbons (Fsp3) is 0.714. The van der Waals surface area contributed by atoms with Crippen LogP contribution in [0.15, 0.2) is 15.9 Å². The maximum absolute atomic E-state index is 6.16. The predicted octanol–water partition coefficient (Wildman–Crippen LogP) is 3.80. The van der Waals surface area contributed by atoms with E-state index in [-0.39, 0.29) is 5.54 Å². The first-order chi connectivity index (χ1) is 8.87. The van der Waals surface area contributed by atoms with Crippen molar-refractivity contribution in [1.82, 2.24) is 4.90 Å². The number of hydrogen-bond donors (Lipinski definition) is 1. The summed E-state index contributed by atoms with van der Waals surface area (Å²) in [6, 6.07) is 2.21. The van der Waals surface area contributed by atoms with Crippen LogP contribution in [0.4, 0.5) is 0 Å². The molecule has 0 bridgehead atoms. The molecule has 1 unspecified atom stereocenters. The van der Waals surface area contributed by atoms with Gasteiger partial charge in [0.25, 0.3) is 0 Å². The summed E-state index contributed by atoms with van der Waals surface area (Å²) in [7, 11) is 2.22. The van der Waals surface area contributed by atoms with E-state index in [0.29, 0.717) is 5.41 Å². The van der Waals surface area contributed by atoms with E-state index in [1.54, 1.807) is 0 Å². The molecule has 2 heterocycles. The Balaban J connectivity index is 2.11. The van der Waals surface area contributed by atoms with Crippen LogP contribution in [0.2, 0.25) is 0 Å². The Kier molecular flexibility index (Phi) is 5.05. The normalized spacial score (nSPS) is 26.8. The first-order valence-corrected chi connectivity index (χ1v) is 9.42. The van der Waals surface area contributed by atoms with Gasteiger partial charge in [-0.25, -0.2) is 0 Å². The van der Waals surface area contributed by atoms with Crippen molar-refractivity contribution in [2.24, 2.45) is 11.1 Å². The van der Waals surface area contributed by atoms with E-state index in [9.17, 15) is 0 Å². The minimum Gasteiger partial charge on any atom is -0.329 e. The molecule has 1 aliphatic heterocycles. The van der Waals surface area contributed by atoms with Gasteiger partial charge < -0.3 is 5.73 Å². The lowest BCUT2D eigenvalue weighted by molar-refractivity contribution is 0.0879. The van der Waals surface area contributed by atoms with E-state index in [1.807, 2.05) is 23.1 Å². The molecule has 0 amide bonds.